The summed E-state index contributed by atoms with van der Waals surface area (Å²) in [6, 6.07) is 7.88. The number of nitrogen functional groups attached to an aromatic ring is 1. The van der Waals surface area contributed by atoms with Gasteiger partial charge in [0.15, 0.2) is 11.6 Å². The zero-order valence-electron chi connectivity index (χ0n) is 11.5. The van der Waals surface area contributed by atoms with E-state index in [9.17, 15) is 0 Å². The van der Waals surface area contributed by atoms with Crippen LogP contribution in [0.25, 0.3) is 11.0 Å². The number of benzene rings is 1. The second kappa shape index (κ2) is 4.68. The molecule has 2 N–H and O–H groups in total. The van der Waals surface area contributed by atoms with Gasteiger partial charge in [-0.2, -0.15) is 0 Å². The Balaban J connectivity index is 1.95. The standard InChI is InChI=1S/C15H20N4/c1-10(2)11-7-8-19(9-11)15-14(16)17-12-5-3-4-6-13(12)18-15/h3-6,10-11H,7-9H2,1-2H3,(H2,16,17). The van der Waals surface area contributed by atoms with Crippen molar-refractivity contribution in [3.63, 3.8) is 0 Å². The highest BCUT2D eigenvalue weighted by Crippen LogP contribution is 2.30. The van der Waals surface area contributed by atoms with E-state index in [4.69, 9.17) is 5.73 Å². The fraction of sp³-hybridized carbons (Fsp3) is 0.467. The Kier molecular flexibility index (Phi) is 3.01. The Morgan fingerprint density at radius 1 is 1.21 bits per heavy atom. The smallest absolute Gasteiger partial charge is 0.172 e. The van der Waals surface area contributed by atoms with Crippen LogP contribution >= 0.6 is 0 Å². The van der Waals surface area contributed by atoms with Crippen molar-refractivity contribution < 1.29 is 0 Å². The lowest BCUT2D eigenvalue weighted by molar-refractivity contribution is 0.422. The number of nitrogens with two attached hydrogens (primary N) is 1. The highest BCUT2D eigenvalue weighted by atomic mass is 15.2. The van der Waals surface area contributed by atoms with Crippen LogP contribution in [-0.2, 0) is 0 Å². The minimum absolute atomic E-state index is 0.545. The Hall–Kier alpha value is -1.84. The third-order valence-corrected chi connectivity index (χ3v) is 4.05. The molecular formula is C15H20N4. The van der Waals surface area contributed by atoms with E-state index in [-0.39, 0.29) is 0 Å². The Morgan fingerprint density at radius 3 is 2.53 bits per heavy atom. The molecule has 4 heteroatoms. The van der Waals surface area contributed by atoms with Crippen molar-refractivity contribution in [3.05, 3.63) is 24.3 Å². The van der Waals surface area contributed by atoms with Crippen LogP contribution in [0.5, 0.6) is 0 Å². The lowest BCUT2D eigenvalue weighted by Gasteiger charge is -2.20. The number of rotatable bonds is 2. The van der Waals surface area contributed by atoms with E-state index in [0.717, 1.165) is 35.9 Å². The van der Waals surface area contributed by atoms with E-state index >= 15 is 0 Å². The van der Waals surface area contributed by atoms with Crippen molar-refractivity contribution in [3.8, 4) is 0 Å². The molecule has 1 fully saturated rings. The summed E-state index contributed by atoms with van der Waals surface area (Å²) in [5.41, 5.74) is 7.85. The molecule has 4 nitrogen and oxygen atoms in total. The minimum Gasteiger partial charge on any atom is -0.381 e. The van der Waals surface area contributed by atoms with Gasteiger partial charge in [0, 0.05) is 13.1 Å². The third-order valence-electron chi connectivity index (χ3n) is 4.05. The minimum atomic E-state index is 0.545. The number of aromatic nitrogens is 2. The summed E-state index contributed by atoms with van der Waals surface area (Å²) >= 11 is 0. The summed E-state index contributed by atoms with van der Waals surface area (Å²) in [4.78, 5) is 11.4. The molecule has 1 atom stereocenters. The van der Waals surface area contributed by atoms with Gasteiger partial charge in [0.25, 0.3) is 0 Å². The predicted molar refractivity (Wildman–Crippen MR) is 79.1 cm³/mol. The fourth-order valence-electron chi connectivity index (χ4n) is 2.76. The molecule has 1 aliphatic rings. The van der Waals surface area contributed by atoms with E-state index in [0.29, 0.717) is 11.7 Å². The number of nitrogens with zero attached hydrogens (tertiary/aromatic N) is 3. The van der Waals surface area contributed by atoms with Crippen LogP contribution in [0.3, 0.4) is 0 Å². The van der Waals surface area contributed by atoms with Crippen molar-refractivity contribution >= 4 is 22.7 Å². The molecule has 0 spiro atoms. The number of hydrogen-bond acceptors (Lipinski definition) is 4. The molecule has 1 unspecified atom stereocenters. The zero-order chi connectivity index (χ0) is 13.4. The number of para-hydroxylation sites is 2. The number of fused-ring (bicyclic) bond motifs is 1. The first-order chi connectivity index (χ1) is 9.15. The molecule has 1 aliphatic heterocycles. The van der Waals surface area contributed by atoms with E-state index in [1.165, 1.54) is 6.42 Å². The number of anilines is 2. The topological polar surface area (TPSA) is 55.0 Å². The summed E-state index contributed by atoms with van der Waals surface area (Å²) in [7, 11) is 0. The predicted octanol–water partition coefficient (Wildman–Crippen LogP) is 2.69. The largest absolute Gasteiger partial charge is 0.381 e. The van der Waals surface area contributed by atoms with Crippen molar-refractivity contribution in [1.82, 2.24) is 9.97 Å². The Morgan fingerprint density at radius 2 is 1.89 bits per heavy atom. The van der Waals surface area contributed by atoms with Crippen LogP contribution in [-0.4, -0.2) is 23.1 Å². The first-order valence-electron chi connectivity index (χ1n) is 6.92. The second-order valence-corrected chi connectivity index (χ2v) is 5.66. The van der Waals surface area contributed by atoms with Gasteiger partial charge < -0.3 is 10.6 Å². The van der Waals surface area contributed by atoms with Gasteiger partial charge in [0.05, 0.1) is 11.0 Å². The van der Waals surface area contributed by atoms with E-state index in [1.807, 2.05) is 24.3 Å². The maximum atomic E-state index is 6.07. The molecule has 0 amide bonds. The highest BCUT2D eigenvalue weighted by molar-refractivity contribution is 5.79. The number of hydrogen-bond donors (Lipinski definition) is 1. The van der Waals surface area contributed by atoms with Gasteiger partial charge in [-0.15, -0.1) is 0 Å². The normalized spacial score (nSPS) is 19.5. The molecule has 0 radical (unpaired) electrons. The molecule has 3 rings (SSSR count). The van der Waals surface area contributed by atoms with Crippen molar-refractivity contribution in [2.75, 3.05) is 23.7 Å². The van der Waals surface area contributed by atoms with Gasteiger partial charge >= 0.3 is 0 Å². The van der Waals surface area contributed by atoms with Gasteiger partial charge in [-0.3, -0.25) is 0 Å². The maximum absolute atomic E-state index is 6.07. The van der Waals surface area contributed by atoms with Crippen molar-refractivity contribution in [2.24, 2.45) is 11.8 Å². The summed E-state index contributed by atoms with van der Waals surface area (Å²) in [6.45, 7) is 6.63. The molecule has 0 saturated carbocycles. The van der Waals surface area contributed by atoms with Crippen LogP contribution in [0.2, 0.25) is 0 Å². The summed E-state index contributed by atoms with van der Waals surface area (Å²) in [6.07, 6.45) is 1.21. The molecule has 0 bridgehead atoms. The van der Waals surface area contributed by atoms with E-state index in [2.05, 4.69) is 28.7 Å². The summed E-state index contributed by atoms with van der Waals surface area (Å²) in [5.74, 6) is 2.83. The van der Waals surface area contributed by atoms with Crippen LogP contribution in [0.4, 0.5) is 11.6 Å². The monoisotopic (exact) mass is 256 g/mol. The molecule has 1 aromatic carbocycles. The van der Waals surface area contributed by atoms with Gasteiger partial charge in [0.1, 0.15) is 0 Å². The zero-order valence-corrected chi connectivity index (χ0v) is 11.5. The summed E-state index contributed by atoms with van der Waals surface area (Å²) in [5, 5.41) is 0. The van der Waals surface area contributed by atoms with Crippen LogP contribution in [0, 0.1) is 11.8 Å². The van der Waals surface area contributed by atoms with E-state index in [1.54, 1.807) is 0 Å². The van der Waals surface area contributed by atoms with E-state index < -0.39 is 0 Å². The van der Waals surface area contributed by atoms with Gasteiger partial charge in [-0.05, 0) is 30.4 Å². The molecule has 1 saturated heterocycles. The molecule has 19 heavy (non-hydrogen) atoms. The molecule has 1 aromatic heterocycles. The molecule has 0 aliphatic carbocycles. The Labute approximate surface area is 113 Å². The second-order valence-electron chi connectivity index (χ2n) is 5.66. The lowest BCUT2D eigenvalue weighted by Crippen LogP contribution is -2.23. The lowest BCUT2D eigenvalue weighted by atomic mass is 9.95. The van der Waals surface area contributed by atoms with Crippen molar-refractivity contribution in [2.45, 2.75) is 20.3 Å². The first kappa shape index (κ1) is 12.2. The maximum Gasteiger partial charge on any atom is 0.172 e. The molecule has 2 heterocycles. The van der Waals surface area contributed by atoms with Gasteiger partial charge in [-0.25, -0.2) is 9.97 Å². The van der Waals surface area contributed by atoms with Crippen molar-refractivity contribution in [1.29, 1.82) is 0 Å². The van der Waals surface area contributed by atoms with Gasteiger partial charge in [0.2, 0.25) is 0 Å². The van der Waals surface area contributed by atoms with Gasteiger partial charge in [-0.1, -0.05) is 26.0 Å². The Bertz CT molecular complexity index is 594. The van der Waals surface area contributed by atoms with Crippen LogP contribution in [0.1, 0.15) is 20.3 Å². The van der Waals surface area contributed by atoms with Crippen LogP contribution in [0.15, 0.2) is 24.3 Å². The average Bonchev–Trinajstić information content (AvgIpc) is 2.87. The summed E-state index contributed by atoms with van der Waals surface area (Å²) < 4.78 is 0. The third kappa shape index (κ3) is 2.23. The molecule has 100 valence electrons. The molecule has 2 aromatic rings. The molecular weight excluding hydrogens is 236 g/mol. The highest BCUT2D eigenvalue weighted by Gasteiger charge is 2.27. The SMILES string of the molecule is CC(C)C1CCN(c2nc3ccccc3nc2N)C1. The fourth-order valence-corrected chi connectivity index (χ4v) is 2.76. The quantitative estimate of drug-likeness (QED) is 0.897. The van der Waals surface area contributed by atoms with Crippen LogP contribution < -0.4 is 10.6 Å². The average molecular weight is 256 g/mol. The first-order valence-corrected chi connectivity index (χ1v) is 6.92.